The number of nitrogens with one attached hydrogen (secondary N) is 1. The fourth-order valence-electron chi connectivity index (χ4n) is 3.84. The van der Waals surface area contributed by atoms with E-state index in [1.54, 1.807) is 0 Å². The number of ether oxygens (including phenoxy) is 2. The Morgan fingerprint density at radius 2 is 1.78 bits per heavy atom. The van der Waals surface area contributed by atoms with Crippen LogP contribution in [0.15, 0.2) is 42.5 Å². The summed E-state index contributed by atoms with van der Waals surface area (Å²) < 4.78 is 38.3. The van der Waals surface area contributed by atoms with Gasteiger partial charge in [-0.25, -0.2) is 8.78 Å². The Labute approximate surface area is 157 Å². The standard InChI is InChI=1S/C21H23F2NO3/c22-17-6-5-14(11-18(17)23)21(25)9-7-15(8-10-21)24-12-16-13-26-19-3-1-2-4-20(19)27-16/h1-6,11,15-16,24-25H,7-10,12-13H2. The average Bonchev–Trinajstić information content (AvgIpc) is 2.69. The molecule has 1 unspecified atom stereocenters. The topological polar surface area (TPSA) is 50.7 Å². The number of halogens is 2. The first kappa shape index (κ1) is 18.2. The lowest BCUT2D eigenvalue weighted by Gasteiger charge is -2.37. The Morgan fingerprint density at radius 1 is 1.04 bits per heavy atom. The molecule has 0 aromatic heterocycles. The molecule has 2 N–H and O–H groups in total. The molecule has 1 aliphatic heterocycles. The van der Waals surface area contributed by atoms with Crippen LogP contribution in [0, 0.1) is 11.6 Å². The molecular formula is C21H23F2NO3. The van der Waals surface area contributed by atoms with Crippen LogP contribution in [-0.2, 0) is 5.60 Å². The van der Waals surface area contributed by atoms with Crippen LogP contribution in [-0.4, -0.2) is 30.4 Å². The van der Waals surface area contributed by atoms with Gasteiger partial charge in [0.2, 0.25) is 0 Å². The number of aliphatic hydroxyl groups is 1. The fourth-order valence-corrected chi connectivity index (χ4v) is 3.84. The maximum absolute atomic E-state index is 13.5. The van der Waals surface area contributed by atoms with Crippen LogP contribution in [0.2, 0.25) is 0 Å². The van der Waals surface area contributed by atoms with Crippen molar-refractivity contribution in [1.29, 1.82) is 0 Å². The third kappa shape index (κ3) is 3.92. The molecule has 2 aromatic rings. The van der Waals surface area contributed by atoms with E-state index >= 15 is 0 Å². The molecule has 2 aliphatic rings. The second kappa shape index (κ2) is 7.44. The Balaban J connectivity index is 1.29. The van der Waals surface area contributed by atoms with Gasteiger partial charge in [-0.3, -0.25) is 0 Å². The number of fused-ring (bicyclic) bond motifs is 1. The van der Waals surface area contributed by atoms with Crippen molar-refractivity contribution >= 4 is 0 Å². The van der Waals surface area contributed by atoms with Crippen molar-refractivity contribution in [1.82, 2.24) is 5.32 Å². The van der Waals surface area contributed by atoms with E-state index < -0.39 is 17.2 Å². The maximum atomic E-state index is 13.5. The Morgan fingerprint density at radius 3 is 2.52 bits per heavy atom. The quantitative estimate of drug-likeness (QED) is 0.859. The average molecular weight is 375 g/mol. The van der Waals surface area contributed by atoms with Gasteiger partial charge in [0.1, 0.15) is 12.7 Å². The number of rotatable bonds is 4. The first-order chi connectivity index (χ1) is 13.0. The number of hydrogen-bond acceptors (Lipinski definition) is 4. The fraction of sp³-hybridized carbons (Fsp3) is 0.429. The van der Waals surface area contributed by atoms with Crippen LogP contribution >= 0.6 is 0 Å². The number of para-hydroxylation sites is 2. The zero-order valence-corrected chi connectivity index (χ0v) is 15.0. The van der Waals surface area contributed by atoms with E-state index in [1.807, 2.05) is 24.3 Å². The highest BCUT2D eigenvalue weighted by Crippen LogP contribution is 2.37. The molecule has 144 valence electrons. The third-order valence-corrected chi connectivity index (χ3v) is 5.47. The van der Waals surface area contributed by atoms with Gasteiger partial charge in [0.25, 0.3) is 0 Å². The van der Waals surface area contributed by atoms with E-state index in [0.717, 1.165) is 36.5 Å². The van der Waals surface area contributed by atoms with E-state index in [4.69, 9.17) is 9.47 Å². The van der Waals surface area contributed by atoms with Crippen molar-refractivity contribution in [3.05, 3.63) is 59.7 Å². The van der Waals surface area contributed by atoms with Crippen molar-refractivity contribution < 1.29 is 23.4 Å². The Kier molecular flexibility index (Phi) is 5.02. The predicted octanol–water partition coefficient (Wildman–Crippen LogP) is 3.52. The zero-order valence-electron chi connectivity index (χ0n) is 15.0. The largest absolute Gasteiger partial charge is 0.486 e. The summed E-state index contributed by atoms with van der Waals surface area (Å²) in [4.78, 5) is 0. The normalized spacial score (nSPS) is 27.4. The van der Waals surface area contributed by atoms with Gasteiger partial charge in [0, 0.05) is 12.6 Å². The van der Waals surface area contributed by atoms with Crippen molar-refractivity contribution in [3.8, 4) is 11.5 Å². The molecule has 0 amide bonds. The minimum atomic E-state index is -1.10. The van der Waals surface area contributed by atoms with Gasteiger partial charge in [-0.1, -0.05) is 18.2 Å². The summed E-state index contributed by atoms with van der Waals surface area (Å²) in [5.41, 5.74) is -0.656. The molecule has 1 aliphatic carbocycles. The van der Waals surface area contributed by atoms with Crippen molar-refractivity contribution in [2.24, 2.45) is 0 Å². The summed E-state index contributed by atoms with van der Waals surface area (Å²) in [6.45, 7) is 1.15. The number of benzene rings is 2. The third-order valence-electron chi connectivity index (χ3n) is 5.47. The Bertz CT molecular complexity index is 806. The van der Waals surface area contributed by atoms with E-state index in [9.17, 15) is 13.9 Å². The molecule has 27 heavy (non-hydrogen) atoms. The zero-order chi connectivity index (χ0) is 18.9. The first-order valence-electron chi connectivity index (χ1n) is 9.33. The molecule has 1 heterocycles. The summed E-state index contributed by atoms with van der Waals surface area (Å²) in [5, 5.41) is 14.3. The molecular weight excluding hydrogens is 352 g/mol. The lowest BCUT2D eigenvalue weighted by molar-refractivity contribution is -0.0102. The van der Waals surface area contributed by atoms with Gasteiger partial charge >= 0.3 is 0 Å². The molecule has 2 aromatic carbocycles. The van der Waals surface area contributed by atoms with Gasteiger partial charge in [0.05, 0.1) is 5.60 Å². The van der Waals surface area contributed by atoms with Crippen molar-refractivity contribution in [2.75, 3.05) is 13.2 Å². The van der Waals surface area contributed by atoms with E-state index in [0.29, 0.717) is 31.6 Å². The second-order valence-corrected chi connectivity index (χ2v) is 7.34. The molecule has 4 rings (SSSR count). The SMILES string of the molecule is OC1(c2ccc(F)c(F)c2)CCC(NCC2COc3ccccc3O2)CC1. The van der Waals surface area contributed by atoms with E-state index in [2.05, 4.69) is 5.32 Å². The van der Waals surface area contributed by atoms with Crippen LogP contribution in [0.3, 0.4) is 0 Å². The van der Waals surface area contributed by atoms with E-state index in [1.165, 1.54) is 6.07 Å². The second-order valence-electron chi connectivity index (χ2n) is 7.34. The summed E-state index contributed by atoms with van der Waals surface area (Å²) >= 11 is 0. The summed E-state index contributed by atoms with van der Waals surface area (Å²) in [7, 11) is 0. The minimum absolute atomic E-state index is 0.0631. The predicted molar refractivity (Wildman–Crippen MR) is 96.9 cm³/mol. The van der Waals surface area contributed by atoms with Crippen LogP contribution in [0.25, 0.3) is 0 Å². The highest BCUT2D eigenvalue weighted by molar-refractivity contribution is 5.40. The van der Waals surface area contributed by atoms with Gasteiger partial charge < -0.3 is 19.9 Å². The molecule has 6 heteroatoms. The number of hydrogen-bond donors (Lipinski definition) is 2. The summed E-state index contributed by atoms with van der Waals surface area (Å²) in [5.74, 6) is -0.292. The Hall–Kier alpha value is -2.18. The highest BCUT2D eigenvalue weighted by Gasteiger charge is 2.35. The molecule has 1 fully saturated rings. The van der Waals surface area contributed by atoms with Crippen LogP contribution < -0.4 is 14.8 Å². The van der Waals surface area contributed by atoms with Crippen LogP contribution in [0.4, 0.5) is 8.78 Å². The minimum Gasteiger partial charge on any atom is -0.486 e. The lowest BCUT2D eigenvalue weighted by Crippen LogP contribution is -2.45. The van der Waals surface area contributed by atoms with E-state index in [-0.39, 0.29) is 12.1 Å². The highest BCUT2D eigenvalue weighted by atomic mass is 19.2. The smallest absolute Gasteiger partial charge is 0.161 e. The summed E-state index contributed by atoms with van der Waals surface area (Å²) in [6, 6.07) is 11.5. The van der Waals surface area contributed by atoms with Crippen LogP contribution in [0.1, 0.15) is 31.2 Å². The monoisotopic (exact) mass is 375 g/mol. The molecule has 1 saturated carbocycles. The van der Waals surface area contributed by atoms with Crippen LogP contribution in [0.5, 0.6) is 11.5 Å². The van der Waals surface area contributed by atoms with Gasteiger partial charge in [0.15, 0.2) is 23.1 Å². The van der Waals surface area contributed by atoms with Crippen molar-refractivity contribution in [2.45, 2.75) is 43.4 Å². The maximum Gasteiger partial charge on any atom is 0.161 e. The molecule has 4 nitrogen and oxygen atoms in total. The lowest BCUT2D eigenvalue weighted by atomic mass is 9.77. The van der Waals surface area contributed by atoms with Gasteiger partial charge in [-0.15, -0.1) is 0 Å². The van der Waals surface area contributed by atoms with Crippen molar-refractivity contribution in [3.63, 3.8) is 0 Å². The molecule has 0 radical (unpaired) electrons. The first-order valence-corrected chi connectivity index (χ1v) is 9.33. The summed E-state index contributed by atoms with van der Waals surface area (Å²) in [6.07, 6.45) is 2.44. The van der Waals surface area contributed by atoms with Gasteiger partial charge in [-0.2, -0.15) is 0 Å². The molecule has 0 saturated heterocycles. The molecule has 0 bridgehead atoms. The molecule has 1 atom stereocenters. The van der Waals surface area contributed by atoms with Gasteiger partial charge in [-0.05, 0) is 55.5 Å². The molecule has 0 spiro atoms.